The highest BCUT2D eigenvalue weighted by atomic mass is 32.1. The molecule has 3 N–H and O–H groups in total. The molecule has 2 aliphatic rings. The van der Waals surface area contributed by atoms with Crippen LogP contribution < -0.4 is 15.5 Å². The molecule has 4 atom stereocenters. The molecule has 2 saturated heterocycles. The lowest BCUT2D eigenvalue weighted by Crippen LogP contribution is -3.20. The number of furan rings is 1. The van der Waals surface area contributed by atoms with Gasteiger partial charge in [0.05, 0.1) is 24.9 Å². The number of rotatable bonds is 5. The zero-order chi connectivity index (χ0) is 17.8. The van der Waals surface area contributed by atoms with Gasteiger partial charge < -0.3 is 20.0 Å². The molecule has 1 aromatic heterocycles. The van der Waals surface area contributed by atoms with Crippen molar-refractivity contribution in [3.8, 4) is 0 Å². The van der Waals surface area contributed by atoms with Crippen molar-refractivity contribution in [2.75, 3.05) is 0 Å². The van der Waals surface area contributed by atoms with Crippen molar-refractivity contribution in [3.63, 3.8) is 0 Å². The second-order valence-corrected chi connectivity index (χ2v) is 8.04. The van der Waals surface area contributed by atoms with Crippen molar-refractivity contribution >= 4 is 17.3 Å². The first-order chi connectivity index (χ1) is 12.8. The van der Waals surface area contributed by atoms with Gasteiger partial charge in [-0.05, 0) is 43.6 Å². The van der Waals surface area contributed by atoms with Gasteiger partial charge in [-0.3, -0.25) is 0 Å². The fourth-order valence-corrected chi connectivity index (χ4v) is 4.93. The molecule has 0 spiro atoms. The summed E-state index contributed by atoms with van der Waals surface area (Å²) in [5.74, 6) is 0.910. The highest BCUT2D eigenvalue weighted by Gasteiger charge is 2.41. The van der Waals surface area contributed by atoms with E-state index in [-0.39, 0.29) is 0 Å². The molecule has 2 fully saturated rings. The zero-order valence-electron chi connectivity index (χ0n) is 15.1. The molecule has 4 nitrogen and oxygen atoms in total. The van der Waals surface area contributed by atoms with Crippen molar-refractivity contribution < 1.29 is 9.32 Å². The molecular weight excluding hydrogens is 342 g/mol. The number of nitrogens with one attached hydrogen (secondary N) is 3. The van der Waals surface area contributed by atoms with E-state index in [1.807, 2.05) is 12.1 Å². The van der Waals surface area contributed by atoms with Gasteiger partial charge in [-0.15, -0.1) is 0 Å². The Morgan fingerprint density at radius 2 is 1.85 bits per heavy atom. The Kier molecular flexibility index (Phi) is 5.56. The lowest BCUT2D eigenvalue weighted by molar-refractivity contribution is -0.973. The summed E-state index contributed by atoms with van der Waals surface area (Å²) in [6.45, 7) is 1.80. The number of hydrogen-bond donors (Lipinski definition) is 3. The highest BCUT2D eigenvalue weighted by Crippen LogP contribution is 2.23. The molecule has 0 saturated carbocycles. The molecule has 0 amide bonds. The van der Waals surface area contributed by atoms with E-state index in [9.17, 15) is 0 Å². The third kappa shape index (κ3) is 4.27. The summed E-state index contributed by atoms with van der Waals surface area (Å²) in [6.07, 6.45) is 8.16. The van der Waals surface area contributed by atoms with Crippen molar-refractivity contribution in [2.24, 2.45) is 0 Å². The largest absolute Gasteiger partial charge is 0.467 e. The quantitative estimate of drug-likeness (QED) is 0.707. The van der Waals surface area contributed by atoms with Crippen LogP contribution in [0.2, 0.25) is 0 Å². The maximum Gasteiger partial charge on any atom is 0.166 e. The summed E-state index contributed by atoms with van der Waals surface area (Å²) in [6, 6.07) is 16.8. The lowest BCUT2D eigenvalue weighted by atomic mass is 9.81. The van der Waals surface area contributed by atoms with Gasteiger partial charge in [-0.1, -0.05) is 30.3 Å². The van der Waals surface area contributed by atoms with Crippen LogP contribution in [0.1, 0.15) is 43.4 Å². The Balaban J connectivity index is 1.31. The molecule has 2 bridgehead atoms. The van der Waals surface area contributed by atoms with Crippen LogP contribution >= 0.6 is 12.2 Å². The Morgan fingerprint density at radius 3 is 2.54 bits per heavy atom. The maximum absolute atomic E-state index is 5.50. The normalized spacial score (nSPS) is 27.7. The van der Waals surface area contributed by atoms with Gasteiger partial charge in [-0.2, -0.15) is 0 Å². The minimum atomic E-state index is 0.487. The third-order valence-corrected chi connectivity index (χ3v) is 6.14. The number of piperidine rings is 2. The van der Waals surface area contributed by atoms with Crippen LogP contribution in [0.3, 0.4) is 0 Å². The van der Waals surface area contributed by atoms with Crippen molar-refractivity contribution in [3.05, 3.63) is 60.1 Å². The highest BCUT2D eigenvalue weighted by molar-refractivity contribution is 7.80. The zero-order valence-corrected chi connectivity index (χ0v) is 15.9. The first-order valence-electron chi connectivity index (χ1n) is 9.74. The molecule has 2 aromatic rings. The fourth-order valence-electron chi connectivity index (χ4n) is 4.69. The van der Waals surface area contributed by atoms with E-state index < -0.39 is 0 Å². The van der Waals surface area contributed by atoms with Crippen molar-refractivity contribution in [1.82, 2.24) is 10.6 Å². The first-order valence-corrected chi connectivity index (χ1v) is 10.1. The third-order valence-electron chi connectivity index (χ3n) is 5.88. The van der Waals surface area contributed by atoms with Gasteiger partial charge in [0, 0.05) is 24.4 Å². The fraction of sp³-hybridized carbons (Fsp3) is 0.476. The Bertz CT molecular complexity index is 689. The molecule has 0 aliphatic carbocycles. The molecule has 0 radical (unpaired) electrons. The van der Waals surface area contributed by atoms with Gasteiger partial charge >= 0.3 is 0 Å². The van der Waals surface area contributed by atoms with Crippen LogP contribution in [-0.4, -0.2) is 23.2 Å². The number of benzene rings is 1. The predicted octanol–water partition coefficient (Wildman–Crippen LogP) is 2.41. The Morgan fingerprint density at radius 1 is 1.08 bits per heavy atom. The Hall–Kier alpha value is -1.85. The van der Waals surface area contributed by atoms with E-state index in [0.29, 0.717) is 12.6 Å². The van der Waals surface area contributed by atoms with Crippen LogP contribution in [0.5, 0.6) is 0 Å². The molecule has 2 unspecified atom stereocenters. The molecule has 2 aliphatic heterocycles. The van der Waals surface area contributed by atoms with Crippen molar-refractivity contribution in [2.45, 2.75) is 63.3 Å². The van der Waals surface area contributed by atoms with E-state index >= 15 is 0 Å². The smallest absolute Gasteiger partial charge is 0.166 e. The van der Waals surface area contributed by atoms with Crippen LogP contribution in [0, 0.1) is 0 Å². The molecule has 4 rings (SSSR count). The molecule has 5 heteroatoms. The van der Waals surface area contributed by atoms with Gasteiger partial charge in [0.15, 0.2) is 5.11 Å². The second kappa shape index (κ2) is 8.23. The van der Waals surface area contributed by atoms with Gasteiger partial charge in [0.25, 0.3) is 0 Å². The van der Waals surface area contributed by atoms with Crippen LogP contribution in [0.4, 0.5) is 0 Å². The summed E-state index contributed by atoms with van der Waals surface area (Å²) in [7, 11) is 0. The average Bonchev–Trinajstić information content (AvgIpc) is 3.15. The van der Waals surface area contributed by atoms with E-state index in [1.54, 1.807) is 11.2 Å². The Labute approximate surface area is 161 Å². The summed E-state index contributed by atoms with van der Waals surface area (Å²) >= 11 is 5.50. The lowest BCUT2D eigenvalue weighted by Gasteiger charge is -2.46. The number of hydrogen-bond acceptors (Lipinski definition) is 2. The predicted molar refractivity (Wildman–Crippen MR) is 107 cm³/mol. The van der Waals surface area contributed by atoms with E-state index in [4.69, 9.17) is 16.6 Å². The summed E-state index contributed by atoms with van der Waals surface area (Å²) in [4.78, 5) is 1.79. The number of fused-ring (bicyclic) bond motifs is 2. The average molecular weight is 371 g/mol. The first kappa shape index (κ1) is 17.6. The summed E-state index contributed by atoms with van der Waals surface area (Å²) < 4.78 is 5.35. The van der Waals surface area contributed by atoms with Crippen molar-refractivity contribution in [1.29, 1.82) is 0 Å². The van der Waals surface area contributed by atoms with E-state index in [0.717, 1.165) is 29.5 Å². The van der Waals surface area contributed by atoms with Gasteiger partial charge in [-0.25, -0.2) is 0 Å². The topological polar surface area (TPSA) is 41.6 Å². The van der Waals surface area contributed by atoms with Crippen LogP contribution in [-0.2, 0) is 13.1 Å². The SMILES string of the molecule is S=C(NCc1ccco1)NC1C[C@H]2CCC[C@@H](C1)[NH+]2Cc1ccccc1. The monoisotopic (exact) mass is 370 g/mol. The standard InChI is InChI=1S/C21H27N3OS/c26-21(22-14-20-10-5-11-25-20)23-17-12-18-8-4-9-19(13-17)24(18)15-16-6-2-1-3-7-16/h1-3,5-7,10-11,17-19H,4,8-9,12-15H2,(H2,22,23,26)/p+1/t17?,18-,19+. The second-order valence-electron chi connectivity index (χ2n) is 7.64. The van der Waals surface area contributed by atoms with Crippen LogP contribution in [0.25, 0.3) is 0 Å². The number of quaternary nitrogens is 1. The summed E-state index contributed by atoms with van der Waals surface area (Å²) in [5.41, 5.74) is 1.46. The van der Waals surface area contributed by atoms with E-state index in [2.05, 4.69) is 41.0 Å². The van der Waals surface area contributed by atoms with Gasteiger partial charge in [0.1, 0.15) is 12.3 Å². The summed E-state index contributed by atoms with van der Waals surface area (Å²) in [5, 5.41) is 7.57. The molecule has 1 aromatic carbocycles. The molecular formula is C21H28N3OS+. The van der Waals surface area contributed by atoms with Gasteiger partial charge in [0.2, 0.25) is 0 Å². The minimum Gasteiger partial charge on any atom is -0.467 e. The molecule has 3 heterocycles. The molecule has 138 valence electrons. The molecule has 26 heavy (non-hydrogen) atoms. The minimum absolute atomic E-state index is 0.487. The van der Waals surface area contributed by atoms with E-state index in [1.165, 1.54) is 37.7 Å². The maximum atomic E-state index is 5.50. The number of thiocarbonyl (C=S) groups is 1. The van der Waals surface area contributed by atoms with Crippen LogP contribution in [0.15, 0.2) is 53.1 Å².